The van der Waals surface area contributed by atoms with E-state index in [1.54, 1.807) is 0 Å². The smallest absolute Gasteiger partial charge is 0.166 e. The van der Waals surface area contributed by atoms with E-state index >= 15 is 0 Å². The van der Waals surface area contributed by atoms with Gasteiger partial charge in [-0.2, -0.15) is 13.2 Å². The van der Waals surface area contributed by atoms with Gasteiger partial charge in [-0.1, -0.05) is 24.8 Å². The third-order valence-electron chi connectivity index (χ3n) is 1.42. The highest BCUT2D eigenvalue weighted by molar-refractivity contribution is 5.33. The van der Waals surface area contributed by atoms with Gasteiger partial charge in [-0.15, -0.1) is 0 Å². The average molecular weight is 171 g/mol. The second kappa shape index (κ2) is 3.01. The second-order valence-corrected chi connectivity index (χ2v) is 2.22. The first-order valence-corrected chi connectivity index (χ1v) is 3.25. The van der Waals surface area contributed by atoms with Crippen molar-refractivity contribution in [3.05, 3.63) is 48.0 Å². The molecule has 0 bridgehead atoms. The van der Waals surface area contributed by atoms with Crippen LogP contribution < -0.4 is 0 Å². The number of hydrogen-bond acceptors (Lipinski definition) is 0. The van der Waals surface area contributed by atoms with Crippen molar-refractivity contribution in [1.82, 2.24) is 0 Å². The van der Waals surface area contributed by atoms with Crippen LogP contribution in [-0.4, -0.2) is 0 Å². The Hall–Kier alpha value is -1.25. The topological polar surface area (TPSA) is 0 Å². The Balaban J connectivity index is 3.23. The van der Waals surface area contributed by atoms with Crippen molar-refractivity contribution in [3.63, 3.8) is 0 Å². The molecule has 0 spiro atoms. The Kier molecular flexibility index (Phi) is 2.22. The normalized spacial score (nSPS) is 11.2. The average Bonchev–Trinajstić information content (AvgIpc) is 2.03. The molecule has 0 aromatic heterocycles. The van der Waals surface area contributed by atoms with Crippen LogP contribution in [0.1, 0.15) is 11.1 Å². The molecule has 0 amide bonds. The molecule has 0 N–H and O–H groups in total. The summed E-state index contributed by atoms with van der Waals surface area (Å²) in [7, 11) is 0. The molecule has 63 valence electrons. The fraction of sp³-hybridized carbons (Fsp3) is 0.111. The molecule has 0 aliphatic heterocycles. The number of benzene rings is 1. The van der Waals surface area contributed by atoms with Crippen LogP contribution in [0, 0.1) is 6.08 Å². The lowest BCUT2D eigenvalue weighted by molar-refractivity contribution is -0.137. The van der Waals surface area contributed by atoms with Gasteiger partial charge in [-0.3, -0.25) is 0 Å². The third-order valence-corrected chi connectivity index (χ3v) is 1.42. The van der Waals surface area contributed by atoms with Gasteiger partial charge in [-0.05, 0) is 17.7 Å². The maximum absolute atomic E-state index is 12.2. The number of alkyl halides is 3. The zero-order valence-electron chi connectivity index (χ0n) is 6.15. The molecule has 0 atom stereocenters. The Bertz CT molecular complexity index is 286. The highest BCUT2D eigenvalue weighted by Gasteiger charge is 2.32. The van der Waals surface area contributed by atoms with E-state index in [0.717, 1.165) is 6.07 Å². The number of hydrogen-bond donors (Lipinski definition) is 0. The summed E-state index contributed by atoms with van der Waals surface area (Å²) in [5, 5.41) is 0. The van der Waals surface area contributed by atoms with Gasteiger partial charge in [0.15, 0.2) is 0 Å². The summed E-state index contributed by atoms with van der Waals surface area (Å²) in [5.41, 5.74) is -0.704. The van der Waals surface area contributed by atoms with Gasteiger partial charge in [0.2, 0.25) is 0 Å². The maximum atomic E-state index is 12.2. The van der Waals surface area contributed by atoms with Crippen molar-refractivity contribution in [2.75, 3.05) is 0 Å². The highest BCUT2D eigenvalue weighted by Crippen LogP contribution is 2.31. The van der Waals surface area contributed by atoms with E-state index in [1.807, 2.05) is 0 Å². The zero-order valence-corrected chi connectivity index (χ0v) is 6.15. The third kappa shape index (κ3) is 1.67. The standard InChI is InChI=1S/C9H6F3/c1-2-7-5-3-4-6-8(7)9(10,11)12/h3-6H,1H2. The van der Waals surface area contributed by atoms with Crippen molar-refractivity contribution in [2.45, 2.75) is 6.18 Å². The molecule has 1 rings (SSSR count). The summed E-state index contributed by atoms with van der Waals surface area (Å²) in [6.45, 7) is 3.18. The largest absolute Gasteiger partial charge is 0.417 e. The van der Waals surface area contributed by atoms with Crippen LogP contribution in [0.5, 0.6) is 0 Å². The fourth-order valence-corrected chi connectivity index (χ4v) is 0.884. The van der Waals surface area contributed by atoms with Crippen LogP contribution in [0.3, 0.4) is 0 Å². The van der Waals surface area contributed by atoms with Gasteiger partial charge < -0.3 is 0 Å². The summed E-state index contributed by atoms with van der Waals surface area (Å²) in [5.74, 6) is 0. The van der Waals surface area contributed by atoms with E-state index in [9.17, 15) is 13.2 Å². The van der Waals surface area contributed by atoms with Gasteiger partial charge in [0.05, 0.1) is 5.56 Å². The van der Waals surface area contributed by atoms with E-state index < -0.39 is 11.7 Å². The maximum Gasteiger partial charge on any atom is 0.417 e. The molecule has 0 nitrogen and oxygen atoms in total. The summed E-state index contributed by atoms with van der Waals surface area (Å²) in [6, 6.07) is 5.19. The number of rotatable bonds is 1. The van der Waals surface area contributed by atoms with E-state index in [-0.39, 0.29) is 5.56 Å². The molecule has 0 fully saturated rings. The molecule has 1 aromatic carbocycles. The zero-order chi connectivity index (χ0) is 9.19. The Morgan fingerprint density at radius 1 is 1.17 bits per heavy atom. The molecule has 12 heavy (non-hydrogen) atoms. The van der Waals surface area contributed by atoms with E-state index in [1.165, 1.54) is 18.2 Å². The Morgan fingerprint density at radius 3 is 2.17 bits per heavy atom. The van der Waals surface area contributed by atoms with Gasteiger partial charge in [-0.25, -0.2) is 0 Å². The second-order valence-electron chi connectivity index (χ2n) is 2.22. The van der Waals surface area contributed by atoms with Crippen LogP contribution in [0.2, 0.25) is 0 Å². The molecule has 0 heterocycles. The quantitative estimate of drug-likeness (QED) is 0.609. The Labute approximate surface area is 68.3 Å². The van der Waals surface area contributed by atoms with Crippen LogP contribution in [0.15, 0.2) is 30.8 Å². The van der Waals surface area contributed by atoms with Crippen molar-refractivity contribution in [2.24, 2.45) is 0 Å². The van der Waals surface area contributed by atoms with Gasteiger partial charge >= 0.3 is 6.18 Å². The Morgan fingerprint density at radius 2 is 1.75 bits per heavy atom. The molecule has 1 aromatic rings. The minimum absolute atomic E-state index is 0.00926. The molecular weight excluding hydrogens is 165 g/mol. The van der Waals surface area contributed by atoms with Crippen LogP contribution >= 0.6 is 0 Å². The minimum atomic E-state index is -4.32. The van der Waals surface area contributed by atoms with Crippen LogP contribution in [0.25, 0.3) is 0 Å². The van der Waals surface area contributed by atoms with Gasteiger partial charge in [0.1, 0.15) is 0 Å². The van der Waals surface area contributed by atoms with Gasteiger partial charge in [0.25, 0.3) is 0 Å². The lowest BCUT2D eigenvalue weighted by atomic mass is 10.1. The van der Waals surface area contributed by atoms with E-state index in [0.29, 0.717) is 0 Å². The molecule has 0 aliphatic carbocycles. The summed E-state index contributed by atoms with van der Waals surface area (Å²) >= 11 is 0. The molecule has 0 saturated heterocycles. The minimum Gasteiger partial charge on any atom is -0.166 e. The summed E-state index contributed by atoms with van der Waals surface area (Å²) in [6.07, 6.45) is -2.09. The first-order chi connectivity index (χ1) is 5.55. The van der Waals surface area contributed by atoms with Crippen molar-refractivity contribution >= 4 is 0 Å². The summed E-state index contributed by atoms with van der Waals surface area (Å²) < 4.78 is 36.5. The lowest BCUT2D eigenvalue weighted by Crippen LogP contribution is -2.06. The van der Waals surface area contributed by atoms with Gasteiger partial charge in [0, 0.05) is 0 Å². The first-order valence-electron chi connectivity index (χ1n) is 3.25. The van der Waals surface area contributed by atoms with Crippen molar-refractivity contribution < 1.29 is 13.2 Å². The summed E-state index contributed by atoms with van der Waals surface area (Å²) in [4.78, 5) is 0. The van der Waals surface area contributed by atoms with Crippen LogP contribution in [0.4, 0.5) is 13.2 Å². The fourth-order valence-electron chi connectivity index (χ4n) is 0.884. The van der Waals surface area contributed by atoms with Crippen LogP contribution in [-0.2, 0) is 6.18 Å². The van der Waals surface area contributed by atoms with Crippen molar-refractivity contribution in [1.29, 1.82) is 0 Å². The van der Waals surface area contributed by atoms with E-state index in [4.69, 9.17) is 0 Å². The SMILES string of the molecule is C=[C]c1ccccc1C(F)(F)F. The lowest BCUT2D eigenvalue weighted by Gasteiger charge is -2.08. The van der Waals surface area contributed by atoms with Crippen molar-refractivity contribution in [3.8, 4) is 0 Å². The van der Waals surface area contributed by atoms with E-state index in [2.05, 4.69) is 12.7 Å². The predicted octanol–water partition coefficient (Wildman–Crippen LogP) is 3.04. The molecule has 3 heteroatoms. The molecule has 0 saturated carbocycles. The molecule has 0 aliphatic rings. The molecule has 0 unspecified atom stereocenters. The first kappa shape index (κ1) is 8.84. The number of halogens is 3. The monoisotopic (exact) mass is 171 g/mol. The molecule has 1 radical (unpaired) electrons. The predicted molar refractivity (Wildman–Crippen MR) is 39.4 cm³/mol. The molecular formula is C9H6F3. The highest BCUT2D eigenvalue weighted by atomic mass is 19.4.